The van der Waals surface area contributed by atoms with Crippen LogP contribution < -0.4 is 5.32 Å². The van der Waals surface area contributed by atoms with Gasteiger partial charge in [0.2, 0.25) is 0 Å². The predicted molar refractivity (Wildman–Crippen MR) is 80.0 cm³/mol. The van der Waals surface area contributed by atoms with Gasteiger partial charge in [-0.05, 0) is 52.9 Å². The Labute approximate surface area is 114 Å². The second kappa shape index (κ2) is 7.46. The minimum absolute atomic E-state index is 0.593. The highest BCUT2D eigenvalue weighted by molar-refractivity contribution is 4.83. The summed E-state index contributed by atoms with van der Waals surface area (Å²) in [6.07, 6.45) is 2.70. The topological polar surface area (TPSA) is 18.5 Å². The van der Waals surface area contributed by atoms with Gasteiger partial charge in [0.1, 0.15) is 0 Å². The molecule has 0 saturated carbocycles. The molecule has 3 heteroatoms. The minimum Gasteiger partial charge on any atom is -0.314 e. The molecule has 18 heavy (non-hydrogen) atoms. The number of piperidine rings is 1. The summed E-state index contributed by atoms with van der Waals surface area (Å²) in [5.74, 6) is 0.716. The molecule has 0 aromatic heterocycles. The lowest BCUT2D eigenvalue weighted by molar-refractivity contribution is 0.0796. The van der Waals surface area contributed by atoms with Crippen molar-refractivity contribution in [1.29, 1.82) is 0 Å². The van der Waals surface area contributed by atoms with Crippen molar-refractivity contribution in [3.63, 3.8) is 0 Å². The summed E-state index contributed by atoms with van der Waals surface area (Å²) in [4.78, 5) is 5.07. The molecular formula is C15H33N3. The Morgan fingerprint density at radius 1 is 1.22 bits per heavy atom. The Bertz CT molecular complexity index is 228. The smallest absolute Gasteiger partial charge is 0.0217 e. The monoisotopic (exact) mass is 255 g/mol. The van der Waals surface area contributed by atoms with Crippen molar-refractivity contribution in [2.45, 2.75) is 58.7 Å². The maximum absolute atomic E-state index is 3.56. The number of hydrogen-bond donors (Lipinski definition) is 1. The van der Waals surface area contributed by atoms with Crippen LogP contribution in [-0.4, -0.2) is 61.7 Å². The van der Waals surface area contributed by atoms with Crippen LogP contribution in [0.25, 0.3) is 0 Å². The van der Waals surface area contributed by atoms with Crippen molar-refractivity contribution in [2.24, 2.45) is 5.92 Å². The lowest BCUT2D eigenvalue weighted by atomic mass is 9.97. The van der Waals surface area contributed by atoms with Gasteiger partial charge in [-0.3, -0.25) is 4.90 Å². The van der Waals surface area contributed by atoms with Crippen molar-refractivity contribution in [1.82, 2.24) is 15.1 Å². The first-order chi connectivity index (χ1) is 8.41. The Morgan fingerprint density at radius 2 is 1.89 bits per heavy atom. The average molecular weight is 255 g/mol. The molecule has 1 fully saturated rings. The third-order valence-corrected chi connectivity index (χ3v) is 4.41. The number of nitrogens with one attached hydrogen (secondary N) is 1. The predicted octanol–water partition coefficient (Wildman–Crippen LogP) is 2.04. The fraction of sp³-hybridized carbons (Fsp3) is 1.00. The van der Waals surface area contributed by atoms with Gasteiger partial charge < -0.3 is 10.2 Å². The van der Waals surface area contributed by atoms with Gasteiger partial charge in [-0.25, -0.2) is 0 Å². The van der Waals surface area contributed by atoms with Crippen LogP contribution in [-0.2, 0) is 0 Å². The molecule has 3 unspecified atom stereocenters. The van der Waals surface area contributed by atoms with E-state index >= 15 is 0 Å². The molecule has 0 aromatic rings. The van der Waals surface area contributed by atoms with Crippen LogP contribution >= 0.6 is 0 Å². The van der Waals surface area contributed by atoms with Gasteiger partial charge in [-0.2, -0.15) is 0 Å². The summed E-state index contributed by atoms with van der Waals surface area (Å²) in [6.45, 7) is 12.9. The van der Waals surface area contributed by atoms with E-state index in [4.69, 9.17) is 0 Å². The molecule has 0 aromatic carbocycles. The molecule has 0 aliphatic carbocycles. The highest BCUT2D eigenvalue weighted by atomic mass is 15.2. The molecule has 1 N–H and O–H groups in total. The fourth-order valence-corrected chi connectivity index (χ4v) is 2.73. The third kappa shape index (κ3) is 4.87. The van der Waals surface area contributed by atoms with Crippen LogP contribution in [0.4, 0.5) is 0 Å². The molecule has 1 rings (SSSR count). The fourth-order valence-electron chi connectivity index (χ4n) is 2.73. The summed E-state index contributed by atoms with van der Waals surface area (Å²) in [5.41, 5.74) is 0. The van der Waals surface area contributed by atoms with E-state index in [-0.39, 0.29) is 0 Å². The van der Waals surface area contributed by atoms with Gasteiger partial charge in [0.25, 0.3) is 0 Å². The molecule has 3 atom stereocenters. The van der Waals surface area contributed by atoms with Crippen molar-refractivity contribution in [3.05, 3.63) is 0 Å². The lowest BCUT2D eigenvalue weighted by Gasteiger charge is -2.41. The molecule has 0 radical (unpaired) electrons. The lowest BCUT2D eigenvalue weighted by Crippen LogP contribution is -2.51. The minimum atomic E-state index is 0.593. The van der Waals surface area contributed by atoms with Crippen molar-refractivity contribution < 1.29 is 0 Å². The first kappa shape index (κ1) is 15.9. The maximum atomic E-state index is 3.56. The van der Waals surface area contributed by atoms with Crippen LogP contribution in [0.5, 0.6) is 0 Å². The van der Waals surface area contributed by atoms with Crippen molar-refractivity contribution in [3.8, 4) is 0 Å². The standard InChI is InChI=1S/C15H33N3/c1-12(2)16-10-13(3)14(4)18-9-7-8-15(11-18)17(5)6/h12-16H,7-11H2,1-6H3. The number of hydrogen-bond acceptors (Lipinski definition) is 3. The quantitative estimate of drug-likeness (QED) is 0.783. The zero-order chi connectivity index (χ0) is 13.7. The van der Waals surface area contributed by atoms with Crippen LogP contribution in [0.15, 0.2) is 0 Å². The van der Waals surface area contributed by atoms with Gasteiger partial charge in [-0.1, -0.05) is 20.8 Å². The average Bonchev–Trinajstić information content (AvgIpc) is 2.35. The number of rotatable bonds is 6. The summed E-state index contributed by atoms with van der Waals surface area (Å²) >= 11 is 0. The van der Waals surface area contributed by atoms with E-state index in [1.807, 2.05) is 0 Å². The van der Waals surface area contributed by atoms with E-state index in [1.165, 1.54) is 25.9 Å². The SMILES string of the molecule is CC(C)NCC(C)C(C)N1CCCC(N(C)C)C1. The number of likely N-dealkylation sites (tertiary alicyclic amines) is 1. The summed E-state index contributed by atoms with van der Waals surface area (Å²) < 4.78 is 0. The molecule has 3 nitrogen and oxygen atoms in total. The zero-order valence-corrected chi connectivity index (χ0v) is 13.2. The zero-order valence-electron chi connectivity index (χ0n) is 13.2. The number of likely N-dealkylation sites (N-methyl/N-ethyl adjacent to an activating group) is 1. The van der Waals surface area contributed by atoms with Crippen LogP contribution in [0.3, 0.4) is 0 Å². The second-order valence-electron chi connectivity index (χ2n) is 6.54. The first-order valence-electron chi connectivity index (χ1n) is 7.55. The van der Waals surface area contributed by atoms with Crippen LogP contribution in [0.2, 0.25) is 0 Å². The van der Waals surface area contributed by atoms with Gasteiger partial charge in [0, 0.05) is 24.7 Å². The van der Waals surface area contributed by atoms with Gasteiger partial charge in [0.15, 0.2) is 0 Å². The number of nitrogens with zero attached hydrogens (tertiary/aromatic N) is 2. The molecule has 108 valence electrons. The molecule has 1 heterocycles. The first-order valence-corrected chi connectivity index (χ1v) is 7.55. The van der Waals surface area contributed by atoms with E-state index < -0.39 is 0 Å². The van der Waals surface area contributed by atoms with Crippen molar-refractivity contribution >= 4 is 0 Å². The molecule has 0 spiro atoms. The Kier molecular flexibility index (Phi) is 6.61. The maximum Gasteiger partial charge on any atom is 0.0217 e. The normalized spacial score (nSPS) is 25.7. The van der Waals surface area contributed by atoms with Gasteiger partial charge in [0.05, 0.1) is 0 Å². The summed E-state index contributed by atoms with van der Waals surface area (Å²) in [5, 5.41) is 3.56. The van der Waals surface area contributed by atoms with E-state index in [1.54, 1.807) is 0 Å². The molecule has 0 amide bonds. The van der Waals surface area contributed by atoms with Gasteiger partial charge in [-0.15, -0.1) is 0 Å². The Morgan fingerprint density at radius 3 is 2.44 bits per heavy atom. The molecule has 1 aliphatic rings. The third-order valence-electron chi connectivity index (χ3n) is 4.41. The highest BCUT2D eigenvalue weighted by Crippen LogP contribution is 2.19. The van der Waals surface area contributed by atoms with Crippen molar-refractivity contribution in [2.75, 3.05) is 33.7 Å². The molecule has 1 aliphatic heterocycles. The molecular weight excluding hydrogens is 222 g/mol. The van der Waals surface area contributed by atoms with E-state index in [9.17, 15) is 0 Å². The Hall–Kier alpha value is -0.120. The highest BCUT2D eigenvalue weighted by Gasteiger charge is 2.27. The summed E-state index contributed by atoms with van der Waals surface area (Å²) in [6, 6.07) is 2.01. The van der Waals surface area contributed by atoms with E-state index in [2.05, 4.69) is 56.9 Å². The second-order valence-corrected chi connectivity index (χ2v) is 6.54. The van der Waals surface area contributed by atoms with E-state index in [0.29, 0.717) is 18.0 Å². The largest absolute Gasteiger partial charge is 0.314 e. The van der Waals surface area contributed by atoms with Crippen LogP contribution in [0, 0.1) is 5.92 Å². The summed E-state index contributed by atoms with van der Waals surface area (Å²) in [7, 11) is 4.42. The van der Waals surface area contributed by atoms with Gasteiger partial charge >= 0.3 is 0 Å². The van der Waals surface area contributed by atoms with Crippen LogP contribution in [0.1, 0.15) is 40.5 Å². The molecule has 0 bridgehead atoms. The Balaban J connectivity index is 2.42. The molecule has 1 saturated heterocycles. The van der Waals surface area contributed by atoms with E-state index in [0.717, 1.165) is 12.6 Å².